The number of rotatable bonds is 1. The molecule has 2 aromatic heterocycles. The molecule has 3 nitrogen and oxygen atoms in total. The average molecular weight is 470 g/mol. The molecule has 0 spiro atoms. The minimum absolute atomic E-state index is 0.695. The number of hydrogen-bond acceptors (Lipinski definition) is 2. The van der Waals surface area contributed by atoms with Crippen LogP contribution in [0.1, 0.15) is 0 Å². The smallest absolute Gasteiger partial charge is 0.234 e. The summed E-state index contributed by atoms with van der Waals surface area (Å²) in [7, 11) is 0. The SMILES string of the molecule is c1cnc(-n2c3cccc4c3c3c5c(cccc5ccc32)-c2c-4c3ccccc3c3ccccc23)nc1. The average Bonchev–Trinajstić information content (AvgIpc) is 3.24. The topological polar surface area (TPSA) is 30.7 Å². The number of fused-ring (bicyclic) bond motifs is 8. The molecule has 1 aliphatic rings. The molecule has 0 radical (unpaired) electrons. The first kappa shape index (κ1) is 19.2. The highest BCUT2D eigenvalue weighted by molar-refractivity contribution is 6.35. The van der Waals surface area contributed by atoms with Gasteiger partial charge in [-0.2, -0.15) is 0 Å². The number of nitrogens with zero attached hydrogens (tertiary/aromatic N) is 3. The first-order chi connectivity index (χ1) is 18.4. The lowest BCUT2D eigenvalue weighted by Crippen LogP contribution is -2.00. The van der Waals surface area contributed by atoms with Crippen molar-refractivity contribution in [3.05, 3.63) is 116 Å². The molecule has 0 saturated heterocycles. The van der Waals surface area contributed by atoms with Crippen molar-refractivity contribution in [3.63, 3.8) is 0 Å². The summed E-state index contributed by atoms with van der Waals surface area (Å²) in [6, 6.07) is 37.5. The van der Waals surface area contributed by atoms with Crippen LogP contribution in [0.2, 0.25) is 0 Å². The lowest BCUT2D eigenvalue weighted by molar-refractivity contribution is 0.989. The Kier molecular flexibility index (Phi) is 3.53. The minimum atomic E-state index is 0.695. The predicted octanol–water partition coefficient (Wildman–Crippen LogP) is 8.68. The van der Waals surface area contributed by atoms with Gasteiger partial charge >= 0.3 is 0 Å². The molecule has 0 bridgehead atoms. The molecule has 37 heavy (non-hydrogen) atoms. The van der Waals surface area contributed by atoms with Crippen LogP contribution in [0, 0.1) is 0 Å². The second-order valence-corrected chi connectivity index (χ2v) is 9.79. The predicted molar refractivity (Wildman–Crippen MR) is 153 cm³/mol. The maximum Gasteiger partial charge on any atom is 0.234 e. The van der Waals surface area contributed by atoms with E-state index in [1.807, 2.05) is 18.5 Å². The van der Waals surface area contributed by atoms with E-state index < -0.39 is 0 Å². The van der Waals surface area contributed by atoms with Gasteiger partial charge in [0.1, 0.15) is 0 Å². The van der Waals surface area contributed by atoms with Crippen LogP contribution in [0.4, 0.5) is 0 Å². The Morgan fingerprint density at radius 2 is 1.03 bits per heavy atom. The molecule has 1 aliphatic carbocycles. The fraction of sp³-hybridized carbons (Fsp3) is 0. The van der Waals surface area contributed by atoms with E-state index >= 15 is 0 Å². The van der Waals surface area contributed by atoms with Gasteiger partial charge in [-0.25, -0.2) is 9.97 Å². The van der Waals surface area contributed by atoms with Gasteiger partial charge in [-0.05, 0) is 72.8 Å². The number of benzene rings is 6. The molecule has 0 N–H and O–H groups in total. The third-order valence-electron chi connectivity index (χ3n) is 8.02. The molecule has 8 aromatic rings. The summed E-state index contributed by atoms with van der Waals surface area (Å²) < 4.78 is 2.22. The van der Waals surface area contributed by atoms with Crippen LogP contribution < -0.4 is 0 Å². The van der Waals surface area contributed by atoms with Crippen LogP contribution in [-0.4, -0.2) is 14.5 Å². The molecule has 0 atom stereocenters. The summed E-state index contributed by atoms with van der Waals surface area (Å²) in [6.07, 6.45) is 3.63. The Morgan fingerprint density at radius 3 is 1.73 bits per heavy atom. The van der Waals surface area contributed by atoms with Gasteiger partial charge < -0.3 is 0 Å². The second kappa shape index (κ2) is 6.80. The molecule has 3 heteroatoms. The molecule has 2 heterocycles. The Balaban J connectivity index is 1.65. The molecule has 9 rings (SSSR count). The van der Waals surface area contributed by atoms with Gasteiger partial charge in [0.05, 0.1) is 11.0 Å². The van der Waals surface area contributed by atoms with E-state index in [0.717, 1.165) is 11.0 Å². The van der Waals surface area contributed by atoms with Crippen molar-refractivity contribution in [3.8, 4) is 28.2 Å². The van der Waals surface area contributed by atoms with Crippen molar-refractivity contribution in [1.29, 1.82) is 0 Å². The molecule has 0 fully saturated rings. The standard InChI is InChI=1S/C34H19N3/c1-3-11-23-21(9-1)22-10-2-4-12-24(22)31-26-14-6-15-27-32(26)33-28(37(27)34-35-18-7-19-36-34)17-16-20-8-5-13-25(29(20)33)30(23)31/h1-19H. The van der Waals surface area contributed by atoms with Crippen LogP contribution in [0.25, 0.3) is 82.3 Å². The van der Waals surface area contributed by atoms with Crippen molar-refractivity contribution in [2.45, 2.75) is 0 Å². The zero-order valence-corrected chi connectivity index (χ0v) is 19.8. The van der Waals surface area contributed by atoms with Crippen molar-refractivity contribution >= 4 is 54.1 Å². The minimum Gasteiger partial charge on any atom is -0.278 e. The Hall–Kier alpha value is -5.02. The van der Waals surface area contributed by atoms with Crippen molar-refractivity contribution in [2.24, 2.45) is 0 Å². The highest BCUT2D eigenvalue weighted by Crippen LogP contribution is 2.53. The molecule has 0 amide bonds. The normalized spacial score (nSPS) is 12.3. The quantitative estimate of drug-likeness (QED) is 0.225. The van der Waals surface area contributed by atoms with E-state index in [2.05, 4.69) is 112 Å². The fourth-order valence-corrected chi connectivity index (χ4v) is 6.67. The highest BCUT2D eigenvalue weighted by Gasteiger charge is 2.27. The van der Waals surface area contributed by atoms with Gasteiger partial charge in [0, 0.05) is 23.2 Å². The van der Waals surface area contributed by atoms with E-state index in [4.69, 9.17) is 0 Å². The van der Waals surface area contributed by atoms with Crippen molar-refractivity contribution in [2.75, 3.05) is 0 Å². The van der Waals surface area contributed by atoms with Crippen LogP contribution >= 0.6 is 0 Å². The first-order valence-electron chi connectivity index (χ1n) is 12.6. The summed E-state index contributed by atoms with van der Waals surface area (Å²) >= 11 is 0. The summed E-state index contributed by atoms with van der Waals surface area (Å²) in [6.45, 7) is 0. The van der Waals surface area contributed by atoms with Crippen LogP contribution in [-0.2, 0) is 0 Å². The maximum absolute atomic E-state index is 4.66. The van der Waals surface area contributed by atoms with E-state index in [-0.39, 0.29) is 0 Å². The van der Waals surface area contributed by atoms with Crippen LogP contribution in [0.5, 0.6) is 0 Å². The molecular formula is C34H19N3. The Labute approximate surface area is 212 Å². The third-order valence-corrected chi connectivity index (χ3v) is 8.02. The van der Waals surface area contributed by atoms with Crippen molar-refractivity contribution in [1.82, 2.24) is 14.5 Å². The van der Waals surface area contributed by atoms with E-state index in [1.54, 1.807) is 0 Å². The van der Waals surface area contributed by atoms with Gasteiger partial charge in [0.2, 0.25) is 5.95 Å². The largest absolute Gasteiger partial charge is 0.278 e. The summed E-state index contributed by atoms with van der Waals surface area (Å²) in [5, 5.41) is 10.2. The lowest BCUT2D eigenvalue weighted by Gasteiger charge is -2.19. The Morgan fingerprint density at radius 1 is 0.432 bits per heavy atom. The second-order valence-electron chi connectivity index (χ2n) is 9.79. The summed E-state index contributed by atoms with van der Waals surface area (Å²) in [5.74, 6) is 0.695. The summed E-state index contributed by atoms with van der Waals surface area (Å²) in [5.41, 5.74) is 7.43. The molecule has 0 aliphatic heterocycles. The van der Waals surface area contributed by atoms with Crippen molar-refractivity contribution < 1.29 is 0 Å². The summed E-state index contributed by atoms with van der Waals surface area (Å²) in [4.78, 5) is 9.32. The van der Waals surface area contributed by atoms with Crippen LogP contribution in [0.3, 0.4) is 0 Å². The molecular weight excluding hydrogens is 450 g/mol. The molecule has 0 unspecified atom stereocenters. The lowest BCUT2D eigenvalue weighted by atomic mass is 9.84. The monoisotopic (exact) mass is 469 g/mol. The van der Waals surface area contributed by atoms with Gasteiger partial charge in [-0.15, -0.1) is 0 Å². The number of hydrogen-bond donors (Lipinski definition) is 0. The molecule has 170 valence electrons. The van der Waals surface area contributed by atoms with E-state index in [1.165, 1.54) is 65.3 Å². The fourth-order valence-electron chi connectivity index (χ4n) is 6.67. The third kappa shape index (κ3) is 2.32. The molecule has 0 saturated carbocycles. The van der Waals surface area contributed by atoms with Gasteiger partial charge in [0.25, 0.3) is 0 Å². The Bertz CT molecular complexity index is 2240. The van der Waals surface area contributed by atoms with Crippen LogP contribution in [0.15, 0.2) is 116 Å². The van der Waals surface area contributed by atoms with Gasteiger partial charge in [-0.3, -0.25) is 4.57 Å². The van der Waals surface area contributed by atoms with E-state index in [9.17, 15) is 0 Å². The first-order valence-corrected chi connectivity index (χ1v) is 12.6. The zero-order valence-electron chi connectivity index (χ0n) is 19.8. The molecule has 6 aromatic carbocycles. The zero-order chi connectivity index (χ0) is 24.1. The van der Waals surface area contributed by atoms with Gasteiger partial charge in [-0.1, -0.05) is 84.9 Å². The maximum atomic E-state index is 4.66. The number of aromatic nitrogens is 3. The highest BCUT2D eigenvalue weighted by atomic mass is 15.1. The van der Waals surface area contributed by atoms with E-state index in [0.29, 0.717) is 5.95 Å². The van der Waals surface area contributed by atoms with Gasteiger partial charge in [0.15, 0.2) is 0 Å².